The minimum atomic E-state index is 0.860. The van der Waals surface area contributed by atoms with Crippen LogP contribution in [0.1, 0.15) is 34.1 Å². The molecular weight excluding hydrogens is 515 g/mol. The maximum atomic E-state index is 6.32. The average molecular weight is 546 g/mol. The van der Waals surface area contributed by atoms with Crippen LogP contribution in [0.5, 0.6) is 5.75 Å². The van der Waals surface area contributed by atoms with Crippen LogP contribution in [-0.4, -0.2) is 7.05 Å². The molecule has 0 aliphatic carbocycles. The highest BCUT2D eigenvalue weighted by molar-refractivity contribution is 8.03. The van der Waals surface area contributed by atoms with E-state index in [1.165, 1.54) is 52.8 Å². The molecule has 194 valence electrons. The van der Waals surface area contributed by atoms with Crippen molar-refractivity contribution in [1.82, 2.24) is 0 Å². The number of fused-ring (bicyclic) bond motifs is 3. The van der Waals surface area contributed by atoms with Crippen LogP contribution in [-0.2, 0) is 0 Å². The molecule has 0 fully saturated rings. The highest BCUT2D eigenvalue weighted by Gasteiger charge is 2.22. The number of hydrogen-bond acceptors (Lipinski definition) is 4. The van der Waals surface area contributed by atoms with E-state index in [9.17, 15) is 0 Å². The molecule has 0 saturated heterocycles. The van der Waals surface area contributed by atoms with Gasteiger partial charge in [0.25, 0.3) is 0 Å². The van der Waals surface area contributed by atoms with Gasteiger partial charge < -0.3 is 9.64 Å². The molecule has 6 rings (SSSR count). The second-order valence-corrected chi connectivity index (χ2v) is 12.3. The predicted molar refractivity (Wildman–Crippen MR) is 171 cm³/mol. The summed E-state index contributed by atoms with van der Waals surface area (Å²) in [4.78, 5) is 4.84. The fourth-order valence-corrected chi connectivity index (χ4v) is 7.18. The van der Waals surface area contributed by atoms with Crippen LogP contribution in [0.25, 0.3) is 21.7 Å². The zero-order valence-corrected chi connectivity index (χ0v) is 24.5. The fraction of sp³-hybridized carbons (Fsp3) is 0.143. The second kappa shape index (κ2) is 10.4. The van der Waals surface area contributed by atoms with Gasteiger partial charge >= 0.3 is 0 Å². The number of anilines is 1. The van der Waals surface area contributed by atoms with E-state index in [0.717, 1.165) is 22.6 Å². The first-order valence-electron chi connectivity index (χ1n) is 13.2. The summed E-state index contributed by atoms with van der Waals surface area (Å²) in [6.07, 6.45) is 13.1. The maximum Gasteiger partial charge on any atom is 0.135 e. The molecule has 2 aliphatic heterocycles. The zero-order chi connectivity index (χ0) is 27.1. The van der Waals surface area contributed by atoms with Crippen molar-refractivity contribution in [3.05, 3.63) is 135 Å². The molecular formula is C35H31NOS2. The smallest absolute Gasteiger partial charge is 0.135 e. The summed E-state index contributed by atoms with van der Waals surface area (Å²) < 4.78 is 7.63. The highest BCUT2D eigenvalue weighted by atomic mass is 32.2. The van der Waals surface area contributed by atoms with Crippen LogP contribution >= 0.6 is 23.1 Å². The Morgan fingerprint density at radius 1 is 0.949 bits per heavy atom. The van der Waals surface area contributed by atoms with E-state index in [1.54, 1.807) is 0 Å². The highest BCUT2D eigenvalue weighted by Crippen LogP contribution is 2.46. The lowest BCUT2D eigenvalue weighted by molar-refractivity contribution is 0.443. The summed E-state index contributed by atoms with van der Waals surface area (Å²) >= 11 is 3.64. The monoisotopic (exact) mass is 545 g/mol. The first kappa shape index (κ1) is 25.5. The predicted octanol–water partition coefficient (Wildman–Crippen LogP) is 10.2. The SMILES string of the molecule is CC(C=CC1=CC(=Cc2sc3ccccc3c2C)Oc2ccccc21)=CC=C1Sc2cc(C)c(C)cc2N1C. The van der Waals surface area contributed by atoms with Crippen molar-refractivity contribution in [3.8, 4) is 5.75 Å². The van der Waals surface area contributed by atoms with E-state index in [0.29, 0.717) is 0 Å². The van der Waals surface area contributed by atoms with Crippen molar-refractivity contribution >= 4 is 50.5 Å². The van der Waals surface area contributed by atoms with Crippen LogP contribution < -0.4 is 9.64 Å². The van der Waals surface area contributed by atoms with E-state index < -0.39 is 0 Å². The van der Waals surface area contributed by atoms with Gasteiger partial charge in [0.1, 0.15) is 11.5 Å². The Morgan fingerprint density at radius 2 is 1.72 bits per heavy atom. The standard InChI is InChI=1S/C35H31NOS2/c1-22(15-17-35-36(5)30-18-23(2)24(3)19-34(30)39-35)14-16-26-20-27(37-31-12-8-6-11-29(26)31)21-33-25(4)28-10-7-9-13-32(28)38-33/h6-21H,1-5H3. The third-order valence-electron chi connectivity index (χ3n) is 7.37. The summed E-state index contributed by atoms with van der Waals surface area (Å²) in [6, 6.07) is 21.4. The van der Waals surface area contributed by atoms with E-state index in [4.69, 9.17) is 4.74 Å². The van der Waals surface area contributed by atoms with Crippen molar-refractivity contribution in [1.29, 1.82) is 0 Å². The van der Waals surface area contributed by atoms with Crippen molar-refractivity contribution in [2.45, 2.75) is 32.6 Å². The second-order valence-electron chi connectivity index (χ2n) is 10.1. The van der Waals surface area contributed by atoms with E-state index in [-0.39, 0.29) is 0 Å². The number of nitrogens with zero attached hydrogens (tertiary/aromatic N) is 1. The van der Waals surface area contributed by atoms with Gasteiger partial charge in [-0.05, 0) is 97.8 Å². The molecule has 3 aromatic carbocycles. The lowest BCUT2D eigenvalue weighted by Gasteiger charge is -2.18. The van der Waals surface area contributed by atoms with Crippen LogP contribution in [0.2, 0.25) is 0 Å². The van der Waals surface area contributed by atoms with Crippen molar-refractivity contribution < 1.29 is 4.74 Å². The topological polar surface area (TPSA) is 12.5 Å². The normalized spacial score (nSPS) is 17.2. The van der Waals surface area contributed by atoms with Crippen LogP contribution in [0.15, 0.2) is 112 Å². The quantitative estimate of drug-likeness (QED) is 0.237. The molecule has 0 atom stereocenters. The molecule has 0 spiro atoms. The number of thioether (sulfide) groups is 1. The summed E-state index contributed by atoms with van der Waals surface area (Å²) in [5.74, 6) is 1.75. The van der Waals surface area contributed by atoms with Gasteiger partial charge in [-0.3, -0.25) is 0 Å². The molecule has 2 nitrogen and oxygen atoms in total. The van der Waals surface area contributed by atoms with Crippen molar-refractivity contribution in [2.75, 3.05) is 11.9 Å². The van der Waals surface area contributed by atoms with E-state index in [1.807, 2.05) is 35.2 Å². The molecule has 0 radical (unpaired) electrons. The molecule has 0 N–H and O–H groups in total. The molecule has 1 aromatic heterocycles. The fourth-order valence-electron chi connectivity index (χ4n) is 4.89. The third kappa shape index (κ3) is 5.03. The Bertz CT molecular complexity index is 1760. The lowest BCUT2D eigenvalue weighted by atomic mass is 10.00. The van der Waals surface area contributed by atoms with Crippen LogP contribution in [0.4, 0.5) is 5.69 Å². The van der Waals surface area contributed by atoms with E-state index in [2.05, 4.69) is 125 Å². The third-order valence-corrected chi connectivity index (χ3v) is 9.76. The molecule has 2 aliphatic rings. The van der Waals surface area contributed by atoms with Crippen LogP contribution in [0.3, 0.4) is 0 Å². The number of aryl methyl sites for hydroxylation is 3. The van der Waals surface area contributed by atoms with Gasteiger partial charge in [0, 0.05) is 27.1 Å². The van der Waals surface area contributed by atoms with Gasteiger partial charge in [0.05, 0.1) is 10.7 Å². The number of thiophene rings is 1. The Balaban J connectivity index is 1.28. The van der Waals surface area contributed by atoms with Gasteiger partial charge in [-0.1, -0.05) is 72.0 Å². The van der Waals surface area contributed by atoms with Gasteiger partial charge in [-0.25, -0.2) is 0 Å². The maximum absolute atomic E-state index is 6.32. The minimum Gasteiger partial charge on any atom is -0.457 e. The number of ether oxygens (including phenoxy) is 1. The summed E-state index contributed by atoms with van der Waals surface area (Å²) in [7, 11) is 2.15. The molecule has 0 amide bonds. The molecule has 0 saturated carbocycles. The Kier molecular flexibility index (Phi) is 6.84. The summed E-state index contributed by atoms with van der Waals surface area (Å²) in [5, 5.41) is 2.55. The number of allylic oxidation sites excluding steroid dienone is 7. The molecule has 0 unspecified atom stereocenters. The number of hydrogen-bond donors (Lipinski definition) is 0. The Morgan fingerprint density at radius 3 is 2.56 bits per heavy atom. The van der Waals surface area contributed by atoms with Gasteiger partial charge in [-0.15, -0.1) is 11.3 Å². The van der Waals surface area contributed by atoms with E-state index >= 15 is 0 Å². The molecule has 3 heterocycles. The molecule has 4 heteroatoms. The van der Waals surface area contributed by atoms with Crippen LogP contribution in [0, 0.1) is 20.8 Å². The van der Waals surface area contributed by atoms with Gasteiger partial charge in [-0.2, -0.15) is 0 Å². The number of rotatable bonds is 4. The average Bonchev–Trinajstić information content (AvgIpc) is 3.41. The van der Waals surface area contributed by atoms with Crippen molar-refractivity contribution in [2.24, 2.45) is 0 Å². The van der Waals surface area contributed by atoms with Gasteiger partial charge in [0.2, 0.25) is 0 Å². The zero-order valence-electron chi connectivity index (χ0n) is 22.9. The first-order chi connectivity index (χ1) is 18.9. The first-order valence-corrected chi connectivity index (χ1v) is 14.8. The minimum absolute atomic E-state index is 0.860. The Labute approximate surface area is 239 Å². The number of benzene rings is 3. The molecule has 0 bridgehead atoms. The largest absolute Gasteiger partial charge is 0.457 e. The summed E-state index contributed by atoms with van der Waals surface area (Å²) in [5.41, 5.74) is 8.70. The van der Waals surface area contributed by atoms with Gasteiger partial charge in [0.15, 0.2) is 0 Å². The lowest BCUT2D eigenvalue weighted by Crippen LogP contribution is -2.09. The Hall–Kier alpha value is -3.73. The number of para-hydroxylation sites is 1. The summed E-state index contributed by atoms with van der Waals surface area (Å²) in [6.45, 7) is 8.70. The van der Waals surface area contributed by atoms with Crippen molar-refractivity contribution in [3.63, 3.8) is 0 Å². The molecule has 39 heavy (non-hydrogen) atoms. The molecule has 4 aromatic rings.